The first kappa shape index (κ1) is 16.8. The van der Waals surface area contributed by atoms with Gasteiger partial charge >= 0.3 is 0 Å². The molecular weight excluding hydrogens is 330 g/mol. The number of carbonyl (C=O) groups is 2. The van der Waals surface area contributed by atoms with E-state index in [1.54, 1.807) is 29.4 Å². The Morgan fingerprint density at radius 2 is 2.23 bits per heavy atom. The van der Waals surface area contributed by atoms with Crippen molar-refractivity contribution < 1.29 is 14.0 Å². The van der Waals surface area contributed by atoms with Crippen molar-refractivity contribution >= 4 is 11.8 Å². The third-order valence-corrected chi connectivity index (χ3v) is 5.79. The van der Waals surface area contributed by atoms with Crippen molar-refractivity contribution in [3.05, 3.63) is 53.7 Å². The molecule has 2 fully saturated rings. The number of pyridine rings is 1. The molecule has 0 aromatic carbocycles. The van der Waals surface area contributed by atoms with Gasteiger partial charge in [-0.1, -0.05) is 13.0 Å². The van der Waals surface area contributed by atoms with Crippen LogP contribution in [-0.2, 0) is 11.3 Å². The number of rotatable bonds is 3. The van der Waals surface area contributed by atoms with Crippen LogP contribution < -0.4 is 0 Å². The van der Waals surface area contributed by atoms with Crippen molar-refractivity contribution in [2.24, 2.45) is 11.3 Å². The molecular formula is C20H23N3O3. The van der Waals surface area contributed by atoms with Gasteiger partial charge in [-0.05, 0) is 43.0 Å². The smallest absolute Gasteiger partial charge is 0.289 e. The van der Waals surface area contributed by atoms with Gasteiger partial charge in [0.1, 0.15) is 5.76 Å². The summed E-state index contributed by atoms with van der Waals surface area (Å²) in [5.74, 6) is 1.23. The molecule has 2 atom stereocenters. The van der Waals surface area contributed by atoms with E-state index in [4.69, 9.17) is 4.42 Å². The molecule has 2 aliphatic heterocycles. The van der Waals surface area contributed by atoms with Crippen LogP contribution in [0.5, 0.6) is 0 Å². The Kier molecular flexibility index (Phi) is 4.05. The minimum Gasteiger partial charge on any atom is -0.456 e. The minimum atomic E-state index is -0.473. The molecule has 0 saturated carbocycles. The van der Waals surface area contributed by atoms with Gasteiger partial charge in [0.2, 0.25) is 5.91 Å². The first-order valence-electron chi connectivity index (χ1n) is 9.03. The van der Waals surface area contributed by atoms with Crippen LogP contribution in [0.15, 0.2) is 41.1 Å². The van der Waals surface area contributed by atoms with Gasteiger partial charge in [0.05, 0.1) is 5.41 Å². The quantitative estimate of drug-likeness (QED) is 0.850. The van der Waals surface area contributed by atoms with Crippen LogP contribution >= 0.6 is 0 Å². The van der Waals surface area contributed by atoms with Crippen molar-refractivity contribution in [3.63, 3.8) is 0 Å². The summed E-state index contributed by atoms with van der Waals surface area (Å²) in [7, 11) is 0. The minimum absolute atomic E-state index is 0.125. The summed E-state index contributed by atoms with van der Waals surface area (Å²) in [5.41, 5.74) is 0.557. The summed E-state index contributed by atoms with van der Waals surface area (Å²) in [6.07, 6.45) is 4.31. The van der Waals surface area contributed by atoms with E-state index in [-0.39, 0.29) is 17.7 Å². The van der Waals surface area contributed by atoms with Crippen LogP contribution in [0.4, 0.5) is 0 Å². The topological polar surface area (TPSA) is 66.7 Å². The molecule has 6 nitrogen and oxygen atoms in total. The highest BCUT2D eigenvalue weighted by Gasteiger charge is 2.56. The van der Waals surface area contributed by atoms with E-state index >= 15 is 0 Å². The highest BCUT2D eigenvalue weighted by Crippen LogP contribution is 2.45. The molecule has 2 aliphatic rings. The molecule has 0 bridgehead atoms. The second-order valence-corrected chi connectivity index (χ2v) is 7.49. The van der Waals surface area contributed by atoms with E-state index in [2.05, 4.69) is 11.9 Å². The summed E-state index contributed by atoms with van der Waals surface area (Å²) in [4.78, 5) is 33.7. The summed E-state index contributed by atoms with van der Waals surface area (Å²) in [5, 5.41) is 0. The van der Waals surface area contributed by atoms with Crippen LogP contribution in [0.1, 0.15) is 35.2 Å². The number of furan rings is 1. The summed E-state index contributed by atoms with van der Waals surface area (Å²) < 4.78 is 5.48. The lowest BCUT2D eigenvalue weighted by Gasteiger charge is -2.26. The van der Waals surface area contributed by atoms with Gasteiger partial charge in [0, 0.05) is 38.6 Å². The molecule has 2 aromatic heterocycles. The van der Waals surface area contributed by atoms with Gasteiger partial charge in [0.25, 0.3) is 5.91 Å². The zero-order chi connectivity index (χ0) is 18.3. The van der Waals surface area contributed by atoms with Crippen LogP contribution in [-0.4, -0.2) is 46.2 Å². The van der Waals surface area contributed by atoms with E-state index in [1.807, 2.05) is 24.0 Å². The summed E-state index contributed by atoms with van der Waals surface area (Å²) in [6, 6.07) is 7.37. The molecule has 2 amide bonds. The lowest BCUT2D eigenvalue weighted by Crippen LogP contribution is -2.40. The fourth-order valence-corrected chi connectivity index (χ4v) is 4.25. The maximum absolute atomic E-state index is 13.2. The van der Waals surface area contributed by atoms with E-state index in [0.717, 1.165) is 24.3 Å². The van der Waals surface area contributed by atoms with Gasteiger partial charge in [0.15, 0.2) is 5.76 Å². The fraction of sp³-hybridized carbons (Fsp3) is 0.450. The second-order valence-electron chi connectivity index (χ2n) is 7.49. The Hall–Kier alpha value is -2.63. The number of likely N-dealkylation sites (tertiary alicyclic amines) is 2. The summed E-state index contributed by atoms with van der Waals surface area (Å²) >= 11 is 0. The average molecular weight is 353 g/mol. The van der Waals surface area contributed by atoms with Crippen molar-refractivity contribution in [1.82, 2.24) is 14.8 Å². The molecule has 0 unspecified atom stereocenters. The number of amides is 2. The largest absolute Gasteiger partial charge is 0.456 e. The number of aromatic nitrogens is 1. The normalized spacial score (nSPS) is 25.5. The highest BCUT2D eigenvalue weighted by molar-refractivity contribution is 5.93. The van der Waals surface area contributed by atoms with E-state index in [0.29, 0.717) is 25.4 Å². The van der Waals surface area contributed by atoms with E-state index < -0.39 is 5.41 Å². The van der Waals surface area contributed by atoms with Crippen molar-refractivity contribution in [2.45, 2.75) is 26.8 Å². The Morgan fingerprint density at radius 3 is 2.92 bits per heavy atom. The molecule has 136 valence electrons. The second kappa shape index (κ2) is 6.27. The zero-order valence-corrected chi connectivity index (χ0v) is 15.1. The molecule has 0 aliphatic carbocycles. The average Bonchev–Trinajstić information content (AvgIpc) is 3.30. The van der Waals surface area contributed by atoms with Gasteiger partial charge < -0.3 is 14.2 Å². The Balaban J connectivity index is 1.50. The molecule has 0 radical (unpaired) electrons. The predicted octanol–water partition coefficient (Wildman–Crippen LogP) is 2.49. The number of carbonyl (C=O) groups excluding carboxylic acids is 2. The number of nitrogens with zero attached hydrogens (tertiary/aromatic N) is 3. The highest BCUT2D eigenvalue weighted by atomic mass is 16.3. The van der Waals surface area contributed by atoms with Gasteiger partial charge in [-0.2, -0.15) is 0 Å². The zero-order valence-electron chi connectivity index (χ0n) is 15.1. The van der Waals surface area contributed by atoms with Gasteiger partial charge in [-0.3, -0.25) is 14.6 Å². The number of hydrogen-bond acceptors (Lipinski definition) is 4. The van der Waals surface area contributed by atoms with Crippen molar-refractivity contribution in [2.75, 3.05) is 19.6 Å². The van der Waals surface area contributed by atoms with E-state index in [1.165, 1.54) is 0 Å². The maximum atomic E-state index is 13.2. The molecule has 2 aromatic rings. The predicted molar refractivity (Wildman–Crippen MR) is 95.2 cm³/mol. The van der Waals surface area contributed by atoms with E-state index in [9.17, 15) is 9.59 Å². The monoisotopic (exact) mass is 353 g/mol. The fourth-order valence-electron chi connectivity index (χ4n) is 4.25. The third kappa shape index (κ3) is 2.69. The van der Waals surface area contributed by atoms with Crippen LogP contribution in [0.3, 0.4) is 0 Å². The van der Waals surface area contributed by atoms with Crippen molar-refractivity contribution in [1.29, 1.82) is 0 Å². The lowest BCUT2D eigenvalue weighted by atomic mass is 9.78. The van der Waals surface area contributed by atoms with Crippen LogP contribution in [0, 0.1) is 18.3 Å². The first-order chi connectivity index (χ1) is 12.5. The maximum Gasteiger partial charge on any atom is 0.289 e. The molecule has 6 heteroatoms. The van der Waals surface area contributed by atoms with Gasteiger partial charge in [-0.25, -0.2) is 0 Å². The van der Waals surface area contributed by atoms with Crippen LogP contribution in [0.2, 0.25) is 0 Å². The van der Waals surface area contributed by atoms with Gasteiger partial charge in [-0.15, -0.1) is 0 Å². The molecule has 2 saturated heterocycles. The molecule has 4 heterocycles. The number of aryl methyl sites for hydroxylation is 1. The Bertz CT molecular complexity index is 832. The Morgan fingerprint density at radius 1 is 1.38 bits per heavy atom. The number of hydrogen-bond donors (Lipinski definition) is 0. The SMILES string of the molecule is Cc1ccc(C(=O)N2C[C@@H](C)[C@@]3(CCN(Cc4cccnc4)C3=O)C2)o1. The summed E-state index contributed by atoms with van der Waals surface area (Å²) in [6.45, 7) is 6.25. The molecule has 26 heavy (non-hydrogen) atoms. The lowest BCUT2D eigenvalue weighted by molar-refractivity contribution is -0.137. The molecule has 0 N–H and O–H groups in total. The molecule has 4 rings (SSSR count). The van der Waals surface area contributed by atoms with Crippen LogP contribution in [0.25, 0.3) is 0 Å². The third-order valence-electron chi connectivity index (χ3n) is 5.79. The van der Waals surface area contributed by atoms with Crippen molar-refractivity contribution in [3.8, 4) is 0 Å². The first-order valence-corrected chi connectivity index (χ1v) is 9.03. The standard InChI is InChI=1S/C20H23N3O3/c1-14-11-23(18(24)17-6-5-15(2)26-17)13-20(14)7-9-22(19(20)25)12-16-4-3-8-21-10-16/h3-6,8,10,14H,7,9,11-13H2,1-2H3/t14-,20-/m1/s1. The Labute approximate surface area is 152 Å². The molecule has 1 spiro atoms.